The molecule has 8 heteroatoms. The molecule has 1 unspecified atom stereocenters. The van der Waals surface area contributed by atoms with Crippen LogP contribution in [0, 0.1) is 0 Å². The SMILES string of the molecule is O=C(COC(=O)c1ccc(C(F)(F)F)cc1)NCC1CCCO1. The summed E-state index contributed by atoms with van der Waals surface area (Å²) in [6.45, 7) is 0.521. The van der Waals surface area contributed by atoms with Gasteiger partial charge in [0, 0.05) is 13.2 Å². The van der Waals surface area contributed by atoms with E-state index in [-0.39, 0.29) is 11.7 Å². The molecule has 0 radical (unpaired) electrons. The van der Waals surface area contributed by atoms with Gasteiger partial charge in [0.15, 0.2) is 6.61 Å². The van der Waals surface area contributed by atoms with Crippen LogP contribution in [0.1, 0.15) is 28.8 Å². The van der Waals surface area contributed by atoms with Gasteiger partial charge in [-0.15, -0.1) is 0 Å². The third kappa shape index (κ3) is 5.24. The second kappa shape index (κ2) is 7.45. The Morgan fingerprint density at radius 3 is 2.52 bits per heavy atom. The minimum atomic E-state index is -4.47. The maximum atomic E-state index is 12.4. The molecular formula is C15H16F3NO4. The van der Waals surface area contributed by atoms with Crippen molar-refractivity contribution in [2.24, 2.45) is 0 Å². The molecule has 0 aromatic heterocycles. The zero-order chi connectivity index (χ0) is 16.9. The van der Waals surface area contributed by atoms with Crippen LogP contribution in [0.5, 0.6) is 0 Å². The van der Waals surface area contributed by atoms with E-state index in [1.807, 2.05) is 0 Å². The van der Waals surface area contributed by atoms with Crippen LogP contribution in [0.2, 0.25) is 0 Å². The van der Waals surface area contributed by atoms with Crippen molar-refractivity contribution in [3.8, 4) is 0 Å². The van der Waals surface area contributed by atoms with E-state index >= 15 is 0 Å². The first kappa shape index (κ1) is 17.3. The van der Waals surface area contributed by atoms with Gasteiger partial charge in [-0.25, -0.2) is 4.79 Å². The third-order valence-corrected chi connectivity index (χ3v) is 3.33. The summed E-state index contributed by atoms with van der Waals surface area (Å²) in [7, 11) is 0. The number of esters is 1. The molecule has 1 N–H and O–H groups in total. The lowest BCUT2D eigenvalue weighted by Gasteiger charge is -2.11. The zero-order valence-corrected chi connectivity index (χ0v) is 12.2. The normalized spacial score (nSPS) is 17.8. The summed E-state index contributed by atoms with van der Waals surface area (Å²) >= 11 is 0. The number of carbonyl (C=O) groups excluding carboxylic acids is 2. The zero-order valence-electron chi connectivity index (χ0n) is 12.2. The Morgan fingerprint density at radius 1 is 1.26 bits per heavy atom. The van der Waals surface area contributed by atoms with E-state index in [1.165, 1.54) is 0 Å². The number of carbonyl (C=O) groups is 2. The highest BCUT2D eigenvalue weighted by molar-refractivity contribution is 5.91. The van der Waals surface area contributed by atoms with Crippen LogP contribution in [-0.2, 0) is 20.4 Å². The number of hydrogen-bond donors (Lipinski definition) is 1. The highest BCUT2D eigenvalue weighted by Gasteiger charge is 2.30. The van der Waals surface area contributed by atoms with Gasteiger partial charge < -0.3 is 14.8 Å². The second-order valence-corrected chi connectivity index (χ2v) is 5.09. The van der Waals surface area contributed by atoms with Gasteiger partial charge in [0.1, 0.15) is 0 Å². The van der Waals surface area contributed by atoms with Crippen LogP contribution in [0.4, 0.5) is 13.2 Å². The highest BCUT2D eigenvalue weighted by Crippen LogP contribution is 2.29. The largest absolute Gasteiger partial charge is 0.452 e. The molecule has 1 aromatic carbocycles. The molecular weight excluding hydrogens is 315 g/mol. The highest BCUT2D eigenvalue weighted by atomic mass is 19.4. The Balaban J connectivity index is 1.76. The van der Waals surface area contributed by atoms with Gasteiger partial charge in [-0.3, -0.25) is 4.79 Å². The molecule has 0 saturated carbocycles. The van der Waals surface area contributed by atoms with Crippen LogP contribution in [0.25, 0.3) is 0 Å². The number of amides is 1. The number of nitrogens with one attached hydrogen (secondary N) is 1. The van der Waals surface area contributed by atoms with Gasteiger partial charge in [-0.2, -0.15) is 13.2 Å². The van der Waals surface area contributed by atoms with Crippen LogP contribution in [0.3, 0.4) is 0 Å². The van der Waals surface area contributed by atoms with Crippen molar-refractivity contribution in [1.82, 2.24) is 5.32 Å². The summed E-state index contributed by atoms with van der Waals surface area (Å²) in [4.78, 5) is 23.2. The fraction of sp³-hybridized carbons (Fsp3) is 0.467. The summed E-state index contributed by atoms with van der Waals surface area (Å²) in [6, 6.07) is 3.59. The minimum absolute atomic E-state index is 0.0236. The van der Waals surface area contributed by atoms with Crippen molar-refractivity contribution >= 4 is 11.9 Å². The van der Waals surface area contributed by atoms with Crippen molar-refractivity contribution < 1.29 is 32.2 Å². The Morgan fingerprint density at radius 2 is 1.96 bits per heavy atom. The van der Waals surface area contributed by atoms with Gasteiger partial charge in [0.2, 0.25) is 0 Å². The molecule has 1 heterocycles. The molecule has 1 fully saturated rings. The average Bonchev–Trinajstić information content (AvgIpc) is 3.03. The number of benzene rings is 1. The fourth-order valence-electron chi connectivity index (χ4n) is 2.09. The molecule has 5 nitrogen and oxygen atoms in total. The standard InChI is InChI=1S/C15H16F3NO4/c16-15(17,18)11-5-3-10(4-6-11)14(21)23-9-13(20)19-8-12-2-1-7-22-12/h3-6,12H,1-2,7-9H2,(H,19,20). The molecule has 0 aliphatic carbocycles. The molecule has 1 saturated heterocycles. The van der Waals surface area contributed by atoms with Gasteiger partial charge in [-0.05, 0) is 37.1 Å². The molecule has 1 aromatic rings. The Bertz CT molecular complexity index is 551. The first-order valence-electron chi connectivity index (χ1n) is 7.09. The van der Waals surface area contributed by atoms with Crippen LogP contribution in [0.15, 0.2) is 24.3 Å². The Kier molecular flexibility index (Phi) is 5.59. The molecule has 2 rings (SSSR count). The number of ether oxygens (including phenoxy) is 2. The molecule has 1 atom stereocenters. The van der Waals surface area contributed by atoms with E-state index in [0.717, 1.165) is 37.1 Å². The number of alkyl halides is 3. The summed E-state index contributed by atoms with van der Waals surface area (Å²) in [5.41, 5.74) is -0.909. The lowest BCUT2D eigenvalue weighted by molar-refractivity contribution is -0.137. The van der Waals surface area contributed by atoms with E-state index in [1.54, 1.807) is 0 Å². The summed E-state index contributed by atoms with van der Waals surface area (Å²) in [5, 5.41) is 2.57. The summed E-state index contributed by atoms with van der Waals surface area (Å²) < 4.78 is 47.3. The minimum Gasteiger partial charge on any atom is -0.452 e. The molecule has 1 amide bonds. The van der Waals surface area contributed by atoms with Gasteiger partial charge in [0.05, 0.1) is 17.2 Å². The number of rotatable bonds is 5. The van der Waals surface area contributed by atoms with Crippen LogP contribution < -0.4 is 5.32 Å². The van der Waals surface area contributed by atoms with E-state index in [4.69, 9.17) is 9.47 Å². The first-order valence-corrected chi connectivity index (χ1v) is 7.09. The monoisotopic (exact) mass is 331 g/mol. The fourth-order valence-corrected chi connectivity index (χ4v) is 2.09. The van der Waals surface area contributed by atoms with E-state index in [0.29, 0.717) is 13.2 Å². The van der Waals surface area contributed by atoms with E-state index in [2.05, 4.69) is 5.32 Å². The summed E-state index contributed by atoms with van der Waals surface area (Å²) in [5.74, 6) is -1.34. The maximum Gasteiger partial charge on any atom is 0.416 e. The predicted octanol–water partition coefficient (Wildman–Crippen LogP) is 2.16. The smallest absolute Gasteiger partial charge is 0.416 e. The Hall–Kier alpha value is -2.09. The second-order valence-electron chi connectivity index (χ2n) is 5.09. The quantitative estimate of drug-likeness (QED) is 0.840. The average molecular weight is 331 g/mol. The summed E-state index contributed by atoms with van der Waals surface area (Å²) in [6.07, 6.45) is -2.68. The molecule has 0 bridgehead atoms. The molecule has 0 spiro atoms. The number of hydrogen-bond acceptors (Lipinski definition) is 4. The Labute approximate surface area is 130 Å². The van der Waals surface area contributed by atoms with E-state index in [9.17, 15) is 22.8 Å². The molecule has 126 valence electrons. The molecule has 1 aliphatic heterocycles. The lowest BCUT2D eigenvalue weighted by atomic mass is 10.1. The van der Waals surface area contributed by atoms with Crippen molar-refractivity contribution in [3.63, 3.8) is 0 Å². The first-order chi connectivity index (χ1) is 10.9. The van der Waals surface area contributed by atoms with Gasteiger partial charge >= 0.3 is 12.1 Å². The van der Waals surface area contributed by atoms with Gasteiger partial charge in [-0.1, -0.05) is 0 Å². The lowest BCUT2D eigenvalue weighted by Crippen LogP contribution is -2.34. The van der Waals surface area contributed by atoms with Crippen molar-refractivity contribution in [3.05, 3.63) is 35.4 Å². The van der Waals surface area contributed by atoms with Crippen molar-refractivity contribution in [2.75, 3.05) is 19.8 Å². The van der Waals surface area contributed by atoms with Crippen molar-refractivity contribution in [2.45, 2.75) is 25.1 Å². The van der Waals surface area contributed by atoms with Gasteiger partial charge in [0.25, 0.3) is 5.91 Å². The van der Waals surface area contributed by atoms with Crippen LogP contribution >= 0.6 is 0 Å². The van der Waals surface area contributed by atoms with Crippen LogP contribution in [-0.4, -0.2) is 37.7 Å². The van der Waals surface area contributed by atoms with Crippen molar-refractivity contribution in [1.29, 1.82) is 0 Å². The molecule has 23 heavy (non-hydrogen) atoms. The maximum absolute atomic E-state index is 12.4. The molecule has 1 aliphatic rings. The van der Waals surface area contributed by atoms with E-state index < -0.39 is 30.2 Å². The topological polar surface area (TPSA) is 64.6 Å². The predicted molar refractivity (Wildman–Crippen MR) is 73.7 cm³/mol. The number of halogens is 3. The third-order valence-electron chi connectivity index (χ3n) is 3.33.